The second kappa shape index (κ2) is 9.68. The summed E-state index contributed by atoms with van der Waals surface area (Å²) in [4.78, 5) is 15.9. The molecular formula is C20H23Cl2N5O. The van der Waals surface area contributed by atoms with Crippen LogP contribution in [0.25, 0.3) is 33.6 Å². The van der Waals surface area contributed by atoms with Crippen LogP contribution in [0.4, 0.5) is 5.82 Å². The number of nitrogens with one attached hydrogen (secondary N) is 1. The monoisotopic (exact) mass is 419 g/mol. The van der Waals surface area contributed by atoms with E-state index in [0.717, 1.165) is 41.7 Å². The molecule has 0 aliphatic rings. The molecule has 0 fully saturated rings. The van der Waals surface area contributed by atoms with Crippen LogP contribution in [-0.2, 0) is 0 Å². The van der Waals surface area contributed by atoms with Gasteiger partial charge in [-0.3, -0.25) is 0 Å². The summed E-state index contributed by atoms with van der Waals surface area (Å²) in [7, 11) is 4.15. The first-order valence-electron chi connectivity index (χ1n) is 8.71. The van der Waals surface area contributed by atoms with Crippen LogP contribution in [0.15, 0.2) is 53.1 Å². The first kappa shape index (κ1) is 21.9. The number of nitrogens with zero attached hydrogens (tertiary/aromatic N) is 4. The van der Waals surface area contributed by atoms with E-state index in [1.165, 1.54) is 0 Å². The van der Waals surface area contributed by atoms with Gasteiger partial charge in [0, 0.05) is 18.1 Å². The van der Waals surface area contributed by atoms with Crippen molar-refractivity contribution in [3.8, 4) is 11.6 Å². The van der Waals surface area contributed by atoms with Gasteiger partial charge in [0.2, 0.25) is 0 Å². The largest absolute Gasteiger partial charge is 0.453 e. The average Bonchev–Trinajstić information content (AvgIpc) is 3.09. The lowest BCUT2D eigenvalue weighted by Gasteiger charge is -2.12. The quantitative estimate of drug-likeness (QED) is 0.458. The number of rotatable bonds is 6. The molecule has 0 aliphatic carbocycles. The van der Waals surface area contributed by atoms with Gasteiger partial charge in [-0.15, -0.1) is 24.8 Å². The summed E-state index contributed by atoms with van der Waals surface area (Å²) in [5, 5.41) is 5.38. The summed E-state index contributed by atoms with van der Waals surface area (Å²) in [5.41, 5.74) is 1.49. The molecule has 0 amide bonds. The van der Waals surface area contributed by atoms with Gasteiger partial charge in [-0.2, -0.15) is 0 Å². The van der Waals surface area contributed by atoms with Crippen molar-refractivity contribution in [1.29, 1.82) is 0 Å². The maximum atomic E-state index is 5.93. The van der Waals surface area contributed by atoms with Crippen LogP contribution in [-0.4, -0.2) is 47.0 Å². The Morgan fingerprint density at radius 2 is 1.86 bits per heavy atom. The second-order valence-corrected chi connectivity index (χ2v) is 6.50. The number of pyridine rings is 1. The fraction of sp³-hybridized carbons (Fsp3) is 0.250. The zero-order chi connectivity index (χ0) is 17.9. The standard InChI is InChI=1S/C20H21N5O.2ClH/c1-25(2)12-6-11-22-19-15-8-5-10-21-18(15)23-20(24-19)17-13-14-7-3-4-9-16(14)26-17;;/h3-5,7-10,13H,6,11-12H2,1-2H3,(H,21,22,23,24);2*1H. The number of anilines is 1. The molecule has 148 valence electrons. The van der Waals surface area contributed by atoms with Gasteiger partial charge >= 0.3 is 0 Å². The summed E-state index contributed by atoms with van der Waals surface area (Å²) in [6.07, 6.45) is 2.77. The number of fused-ring (bicyclic) bond motifs is 2. The molecule has 0 spiro atoms. The molecule has 0 atom stereocenters. The summed E-state index contributed by atoms with van der Waals surface area (Å²) in [6, 6.07) is 13.8. The SMILES string of the molecule is CN(C)CCCNc1nc(-c2cc3ccccc3o2)nc2ncccc12.Cl.Cl. The molecule has 4 aromatic rings. The minimum Gasteiger partial charge on any atom is -0.453 e. The fourth-order valence-corrected chi connectivity index (χ4v) is 2.90. The van der Waals surface area contributed by atoms with Crippen molar-refractivity contribution in [2.45, 2.75) is 6.42 Å². The first-order chi connectivity index (χ1) is 12.7. The number of furan rings is 1. The number of halogens is 2. The number of aromatic nitrogens is 3. The van der Waals surface area contributed by atoms with Crippen LogP contribution < -0.4 is 5.32 Å². The van der Waals surface area contributed by atoms with Crippen molar-refractivity contribution in [2.24, 2.45) is 0 Å². The van der Waals surface area contributed by atoms with Gasteiger partial charge in [0.1, 0.15) is 11.4 Å². The number of hydrogen-bond donors (Lipinski definition) is 1. The lowest BCUT2D eigenvalue weighted by Crippen LogP contribution is -2.17. The minimum atomic E-state index is 0. The average molecular weight is 420 g/mol. The molecular weight excluding hydrogens is 397 g/mol. The van der Waals surface area contributed by atoms with Crippen LogP contribution in [0.3, 0.4) is 0 Å². The Kier molecular flexibility index (Phi) is 7.57. The number of benzene rings is 1. The van der Waals surface area contributed by atoms with Gasteiger partial charge in [0.05, 0.1) is 5.39 Å². The van der Waals surface area contributed by atoms with E-state index in [2.05, 4.69) is 34.3 Å². The third kappa shape index (κ3) is 4.70. The molecule has 3 heterocycles. The maximum Gasteiger partial charge on any atom is 0.199 e. The Labute approximate surface area is 176 Å². The highest BCUT2D eigenvalue weighted by Gasteiger charge is 2.13. The Morgan fingerprint density at radius 1 is 1.04 bits per heavy atom. The lowest BCUT2D eigenvalue weighted by molar-refractivity contribution is 0.405. The van der Waals surface area contributed by atoms with E-state index in [9.17, 15) is 0 Å². The number of para-hydroxylation sites is 1. The molecule has 1 N–H and O–H groups in total. The summed E-state index contributed by atoms with van der Waals surface area (Å²) in [6.45, 7) is 1.85. The van der Waals surface area contributed by atoms with E-state index in [4.69, 9.17) is 9.40 Å². The predicted molar refractivity (Wildman–Crippen MR) is 119 cm³/mol. The van der Waals surface area contributed by atoms with Crippen molar-refractivity contribution in [3.63, 3.8) is 0 Å². The van der Waals surface area contributed by atoms with E-state index in [1.807, 2.05) is 42.5 Å². The summed E-state index contributed by atoms with van der Waals surface area (Å²) in [5.74, 6) is 1.98. The van der Waals surface area contributed by atoms with Crippen LogP contribution in [0.2, 0.25) is 0 Å². The summed E-state index contributed by atoms with van der Waals surface area (Å²) >= 11 is 0. The highest BCUT2D eigenvalue weighted by atomic mass is 35.5. The van der Waals surface area contributed by atoms with Gasteiger partial charge < -0.3 is 14.6 Å². The Bertz CT molecular complexity index is 1020. The van der Waals surface area contributed by atoms with E-state index in [-0.39, 0.29) is 24.8 Å². The van der Waals surface area contributed by atoms with Crippen LogP contribution in [0.5, 0.6) is 0 Å². The molecule has 0 unspecified atom stereocenters. The highest BCUT2D eigenvalue weighted by Crippen LogP contribution is 2.28. The zero-order valence-electron chi connectivity index (χ0n) is 15.8. The summed E-state index contributed by atoms with van der Waals surface area (Å²) < 4.78 is 5.93. The molecule has 0 radical (unpaired) electrons. The normalized spacial score (nSPS) is 10.7. The number of hydrogen-bond acceptors (Lipinski definition) is 6. The van der Waals surface area contributed by atoms with E-state index >= 15 is 0 Å². The van der Waals surface area contributed by atoms with Gasteiger partial charge in [-0.25, -0.2) is 15.0 Å². The van der Waals surface area contributed by atoms with Crippen LogP contribution in [0.1, 0.15) is 6.42 Å². The topological polar surface area (TPSA) is 67.1 Å². The van der Waals surface area contributed by atoms with E-state index in [1.54, 1.807) is 6.20 Å². The molecule has 0 saturated heterocycles. The van der Waals surface area contributed by atoms with Crippen molar-refractivity contribution >= 4 is 52.6 Å². The van der Waals surface area contributed by atoms with Gasteiger partial charge in [-0.1, -0.05) is 18.2 Å². The molecule has 4 rings (SSSR count). The van der Waals surface area contributed by atoms with Crippen molar-refractivity contribution in [1.82, 2.24) is 19.9 Å². The Balaban J connectivity index is 0.00000140. The molecule has 3 aromatic heterocycles. The van der Waals surface area contributed by atoms with E-state index in [0.29, 0.717) is 17.2 Å². The second-order valence-electron chi connectivity index (χ2n) is 6.50. The predicted octanol–water partition coefficient (Wildman–Crippen LogP) is 4.65. The molecule has 0 bridgehead atoms. The smallest absolute Gasteiger partial charge is 0.199 e. The molecule has 1 aromatic carbocycles. The van der Waals surface area contributed by atoms with Gasteiger partial charge in [-0.05, 0) is 51.3 Å². The van der Waals surface area contributed by atoms with Gasteiger partial charge in [0.25, 0.3) is 0 Å². The van der Waals surface area contributed by atoms with Crippen molar-refractivity contribution < 1.29 is 4.42 Å². The maximum absolute atomic E-state index is 5.93. The third-order valence-electron chi connectivity index (χ3n) is 4.19. The molecule has 0 saturated carbocycles. The van der Waals surface area contributed by atoms with Crippen LogP contribution >= 0.6 is 24.8 Å². The van der Waals surface area contributed by atoms with Crippen LogP contribution in [0, 0.1) is 0 Å². The Hall–Kier alpha value is -2.41. The minimum absolute atomic E-state index is 0. The van der Waals surface area contributed by atoms with Gasteiger partial charge in [0.15, 0.2) is 17.2 Å². The first-order valence-corrected chi connectivity index (χ1v) is 8.71. The third-order valence-corrected chi connectivity index (χ3v) is 4.19. The van der Waals surface area contributed by atoms with Crippen molar-refractivity contribution in [3.05, 3.63) is 48.7 Å². The molecule has 8 heteroatoms. The molecule has 6 nitrogen and oxygen atoms in total. The fourth-order valence-electron chi connectivity index (χ4n) is 2.90. The molecule has 0 aliphatic heterocycles. The highest BCUT2D eigenvalue weighted by molar-refractivity contribution is 5.89. The van der Waals surface area contributed by atoms with E-state index < -0.39 is 0 Å². The Morgan fingerprint density at radius 3 is 2.64 bits per heavy atom. The van der Waals surface area contributed by atoms with Crippen molar-refractivity contribution in [2.75, 3.05) is 32.5 Å². The lowest BCUT2D eigenvalue weighted by atomic mass is 10.2. The zero-order valence-corrected chi connectivity index (χ0v) is 17.4. The molecule has 28 heavy (non-hydrogen) atoms.